The van der Waals surface area contributed by atoms with Crippen LogP contribution in [-0.2, 0) is 27.7 Å². The number of carbonyl (C=O) groups is 2. The molecule has 9 heteroatoms. The molecule has 2 aromatic carbocycles. The number of halogens is 1. The van der Waals surface area contributed by atoms with E-state index in [1.807, 2.05) is 26.0 Å². The number of carbonyl (C=O) groups excluding carboxylic acids is 2. The van der Waals surface area contributed by atoms with E-state index in [0.717, 1.165) is 17.5 Å². The number of anilines is 1. The Morgan fingerprint density at radius 1 is 1.03 bits per heavy atom. The van der Waals surface area contributed by atoms with Crippen LogP contribution in [0.5, 0.6) is 0 Å². The third kappa shape index (κ3) is 4.98. The van der Waals surface area contributed by atoms with Crippen LogP contribution in [0.1, 0.15) is 42.3 Å². The van der Waals surface area contributed by atoms with Gasteiger partial charge in [-0.3, -0.25) is 9.59 Å². The second kappa shape index (κ2) is 10.0. The van der Waals surface area contributed by atoms with Crippen molar-refractivity contribution in [2.24, 2.45) is 0 Å². The summed E-state index contributed by atoms with van der Waals surface area (Å²) in [4.78, 5) is 26.2. The van der Waals surface area contributed by atoms with Gasteiger partial charge in [0.1, 0.15) is 0 Å². The monoisotopic (exact) mass is 477 g/mol. The third-order valence-corrected chi connectivity index (χ3v) is 7.98. The number of aryl methyl sites for hydroxylation is 1. The van der Waals surface area contributed by atoms with Crippen LogP contribution in [-0.4, -0.2) is 55.6 Å². The minimum Gasteiger partial charge on any atom is -0.340 e. The lowest BCUT2D eigenvalue weighted by Crippen LogP contribution is -2.49. The molecular formula is C23H28ClN3O4S. The Labute approximate surface area is 194 Å². The van der Waals surface area contributed by atoms with E-state index in [1.165, 1.54) is 23.4 Å². The smallest absolute Gasteiger partial charge is 0.255 e. The number of rotatable bonds is 6. The standard InChI is InChI=1S/C23H28ClN3O4S/c1-4-17-9-10-21(24)20(5-2)22(17)25-23(29)18-7-6-8-19(15-18)32(30,31)27-13-11-26(12-14-27)16(3)28/h6-10,15H,4-5,11-14H2,1-3H3,(H,25,29). The molecule has 172 valence electrons. The van der Waals surface area contributed by atoms with Crippen molar-refractivity contribution in [3.8, 4) is 0 Å². The van der Waals surface area contributed by atoms with E-state index in [2.05, 4.69) is 5.32 Å². The number of hydrogen-bond donors (Lipinski definition) is 1. The van der Waals surface area contributed by atoms with E-state index in [9.17, 15) is 18.0 Å². The summed E-state index contributed by atoms with van der Waals surface area (Å²) in [5.74, 6) is -0.463. The molecule has 1 aliphatic heterocycles. The van der Waals surface area contributed by atoms with Crippen molar-refractivity contribution >= 4 is 39.1 Å². The molecule has 0 saturated carbocycles. The first-order valence-corrected chi connectivity index (χ1v) is 12.5. The van der Waals surface area contributed by atoms with Gasteiger partial charge in [-0.25, -0.2) is 8.42 Å². The van der Waals surface area contributed by atoms with Gasteiger partial charge >= 0.3 is 0 Å². The van der Waals surface area contributed by atoms with Crippen LogP contribution < -0.4 is 5.32 Å². The van der Waals surface area contributed by atoms with Crippen molar-refractivity contribution in [3.63, 3.8) is 0 Å². The molecule has 3 rings (SSSR count). The van der Waals surface area contributed by atoms with E-state index in [1.54, 1.807) is 17.0 Å². The molecule has 0 aliphatic carbocycles. The molecule has 2 aromatic rings. The van der Waals surface area contributed by atoms with Gasteiger partial charge in [0.2, 0.25) is 15.9 Å². The van der Waals surface area contributed by atoms with E-state index < -0.39 is 15.9 Å². The molecule has 7 nitrogen and oxygen atoms in total. The lowest BCUT2D eigenvalue weighted by atomic mass is 10.0. The predicted molar refractivity (Wildman–Crippen MR) is 126 cm³/mol. The van der Waals surface area contributed by atoms with Gasteiger partial charge in [-0.15, -0.1) is 0 Å². The highest BCUT2D eigenvalue weighted by molar-refractivity contribution is 7.89. The van der Waals surface area contributed by atoms with Gasteiger partial charge in [0.05, 0.1) is 4.90 Å². The highest BCUT2D eigenvalue weighted by atomic mass is 35.5. The first-order valence-electron chi connectivity index (χ1n) is 10.7. The van der Waals surface area contributed by atoms with Gasteiger partial charge < -0.3 is 10.2 Å². The normalized spacial score (nSPS) is 14.9. The Balaban J connectivity index is 1.85. The number of nitrogens with one attached hydrogen (secondary N) is 1. The summed E-state index contributed by atoms with van der Waals surface area (Å²) in [5, 5.41) is 3.52. The maximum absolute atomic E-state index is 13.1. The average Bonchev–Trinajstić information content (AvgIpc) is 2.79. The van der Waals surface area contributed by atoms with Crippen molar-refractivity contribution in [2.75, 3.05) is 31.5 Å². The van der Waals surface area contributed by atoms with Crippen LogP contribution in [0.2, 0.25) is 5.02 Å². The van der Waals surface area contributed by atoms with E-state index in [4.69, 9.17) is 11.6 Å². The molecule has 2 amide bonds. The zero-order valence-corrected chi connectivity index (χ0v) is 20.1. The minimum atomic E-state index is -3.78. The molecule has 1 aliphatic rings. The van der Waals surface area contributed by atoms with Crippen LogP contribution >= 0.6 is 11.6 Å². The largest absolute Gasteiger partial charge is 0.340 e. The van der Waals surface area contributed by atoms with Gasteiger partial charge in [0.15, 0.2) is 0 Å². The molecule has 32 heavy (non-hydrogen) atoms. The SMILES string of the molecule is CCc1ccc(Cl)c(CC)c1NC(=O)c1cccc(S(=O)(=O)N2CCN(C(C)=O)CC2)c1. The number of benzene rings is 2. The Kier molecular flexibility index (Phi) is 7.59. The molecule has 1 N–H and O–H groups in total. The van der Waals surface area contributed by atoms with Crippen LogP contribution in [0.25, 0.3) is 0 Å². The average molecular weight is 478 g/mol. The summed E-state index contributed by atoms with van der Waals surface area (Å²) < 4.78 is 27.6. The highest BCUT2D eigenvalue weighted by Crippen LogP contribution is 2.30. The van der Waals surface area contributed by atoms with Gasteiger partial charge in [-0.05, 0) is 48.2 Å². The van der Waals surface area contributed by atoms with E-state index in [-0.39, 0.29) is 29.5 Å². The lowest BCUT2D eigenvalue weighted by Gasteiger charge is -2.33. The topological polar surface area (TPSA) is 86.8 Å². The molecule has 1 saturated heterocycles. The lowest BCUT2D eigenvalue weighted by molar-refractivity contribution is -0.129. The molecule has 1 fully saturated rings. The molecule has 0 unspecified atom stereocenters. The third-order valence-electron chi connectivity index (χ3n) is 5.73. The van der Waals surface area contributed by atoms with Crippen LogP contribution in [0.15, 0.2) is 41.3 Å². The molecular weight excluding hydrogens is 450 g/mol. The van der Waals surface area contributed by atoms with E-state index in [0.29, 0.717) is 30.2 Å². The molecule has 0 bridgehead atoms. The number of amides is 2. The number of sulfonamides is 1. The zero-order valence-electron chi connectivity index (χ0n) is 18.5. The van der Waals surface area contributed by atoms with Gasteiger partial charge in [0.25, 0.3) is 5.91 Å². The minimum absolute atomic E-state index is 0.0546. The Hall–Kier alpha value is -2.42. The van der Waals surface area contributed by atoms with Crippen molar-refractivity contribution in [2.45, 2.75) is 38.5 Å². The Morgan fingerprint density at radius 3 is 2.31 bits per heavy atom. The van der Waals surface area contributed by atoms with Crippen molar-refractivity contribution in [3.05, 3.63) is 58.1 Å². The Morgan fingerprint density at radius 2 is 1.72 bits per heavy atom. The fourth-order valence-electron chi connectivity index (χ4n) is 3.84. The second-order valence-electron chi connectivity index (χ2n) is 7.66. The summed E-state index contributed by atoms with van der Waals surface area (Å²) in [6, 6.07) is 9.74. The summed E-state index contributed by atoms with van der Waals surface area (Å²) in [5.41, 5.74) is 2.75. The van der Waals surface area contributed by atoms with Crippen LogP contribution in [0.4, 0.5) is 5.69 Å². The molecule has 0 aromatic heterocycles. The maximum atomic E-state index is 13.1. The number of hydrogen-bond acceptors (Lipinski definition) is 4. The summed E-state index contributed by atoms with van der Waals surface area (Å²) in [6.07, 6.45) is 1.38. The predicted octanol–water partition coefficient (Wildman–Crippen LogP) is 3.57. The van der Waals surface area contributed by atoms with E-state index >= 15 is 0 Å². The molecule has 0 atom stereocenters. The van der Waals surface area contributed by atoms with Crippen LogP contribution in [0, 0.1) is 0 Å². The summed E-state index contributed by atoms with van der Waals surface area (Å²) in [7, 11) is -3.78. The number of nitrogens with zero attached hydrogens (tertiary/aromatic N) is 2. The fourth-order valence-corrected chi connectivity index (χ4v) is 5.60. The summed E-state index contributed by atoms with van der Waals surface area (Å²) in [6.45, 7) is 6.58. The van der Waals surface area contributed by atoms with Crippen LogP contribution in [0.3, 0.4) is 0 Å². The number of piperazine rings is 1. The Bertz CT molecular complexity index is 1130. The first kappa shape index (κ1) is 24.2. The van der Waals surface area contributed by atoms with Crippen molar-refractivity contribution in [1.29, 1.82) is 0 Å². The summed E-state index contributed by atoms with van der Waals surface area (Å²) >= 11 is 6.33. The van der Waals surface area contributed by atoms with Crippen molar-refractivity contribution < 1.29 is 18.0 Å². The molecule has 0 spiro atoms. The van der Waals surface area contributed by atoms with Gasteiger partial charge in [0, 0.05) is 49.4 Å². The highest BCUT2D eigenvalue weighted by Gasteiger charge is 2.29. The van der Waals surface area contributed by atoms with Gasteiger partial charge in [-0.1, -0.05) is 37.6 Å². The van der Waals surface area contributed by atoms with Crippen molar-refractivity contribution in [1.82, 2.24) is 9.21 Å². The molecule has 0 radical (unpaired) electrons. The first-order chi connectivity index (χ1) is 15.2. The maximum Gasteiger partial charge on any atom is 0.255 e. The van der Waals surface area contributed by atoms with Gasteiger partial charge in [-0.2, -0.15) is 4.31 Å². The fraction of sp³-hybridized carbons (Fsp3) is 0.391. The quantitative estimate of drug-likeness (QED) is 0.689. The molecule has 1 heterocycles. The zero-order chi connectivity index (χ0) is 23.5. The second-order valence-corrected chi connectivity index (χ2v) is 10.0.